The molecule has 0 amide bonds. The highest BCUT2D eigenvalue weighted by molar-refractivity contribution is 7.89. The first kappa shape index (κ1) is 20.8. The zero-order valence-corrected chi connectivity index (χ0v) is 15.7. The second-order valence-electron chi connectivity index (χ2n) is 6.21. The number of nitro benzene ring substituents is 1. The standard InChI is InChI=1S/C15H23N3O4S.ClH/c1-10-4-5-14(18(19)20)15(11(10)2)23(21,22)17-8-6-13(7-9-17)12(3)16;/h4-5,12-13H,6-9,16H2,1-3H3;1H. The molecule has 1 saturated heterocycles. The number of benzene rings is 1. The van der Waals surface area contributed by atoms with E-state index in [2.05, 4.69) is 0 Å². The van der Waals surface area contributed by atoms with Crippen LogP contribution in [0.3, 0.4) is 0 Å². The predicted molar refractivity (Wildman–Crippen MR) is 95.0 cm³/mol. The molecule has 1 aromatic rings. The summed E-state index contributed by atoms with van der Waals surface area (Å²) >= 11 is 0. The van der Waals surface area contributed by atoms with Gasteiger partial charge in [0.25, 0.3) is 5.69 Å². The lowest BCUT2D eigenvalue weighted by Gasteiger charge is -2.33. The largest absolute Gasteiger partial charge is 0.328 e. The molecule has 1 atom stereocenters. The Morgan fingerprint density at radius 1 is 1.29 bits per heavy atom. The Bertz CT molecular complexity index is 714. The lowest BCUT2D eigenvalue weighted by molar-refractivity contribution is -0.388. The molecule has 1 unspecified atom stereocenters. The van der Waals surface area contributed by atoms with Crippen LogP contribution in [0.4, 0.5) is 5.69 Å². The van der Waals surface area contributed by atoms with Crippen molar-refractivity contribution in [2.75, 3.05) is 13.1 Å². The summed E-state index contributed by atoms with van der Waals surface area (Å²) in [5.41, 5.74) is 6.68. The van der Waals surface area contributed by atoms with Crippen LogP contribution in [-0.2, 0) is 10.0 Å². The third kappa shape index (κ3) is 3.88. The zero-order valence-electron chi connectivity index (χ0n) is 14.1. The molecular formula is C15H24ClN3O4S. The second-order valence-corrected chi connectivity index (χ2v) is 8.09. The van der Waals surface area contributed by atoms with Crippen LogP contribution in [0, 0.1) is 29.9 Å². The monoisotopic (exact) mass is 377 g/mol. The SMILES string of the molecule is Cc1ccc([N+](=O)[O-])c(S(=O)(=O)N2CCC(C(C)N)CC2)c1C.Cl. The number of aryl methyl sites for hydroxylation is 1. The van der Waals surface area contributed by atoms with Gasteiger partial charge in [-0.25, -0.2) is 8.42 Å². The molecular weight excluding hydrogens is 354 g/mol. The highest BCUT2D eigenvalue weighted by atomic mass is 35.5. The topological polar surface area (TPSA) is 107 Å². The van der Waals surface area contributed by atoms with E-state index in [-0.39, 0.29) is 34.9 Å². The van der Waals surface area contributed by atoms with Gasteiger partial charge in [0.1, 0.15) is 0 Å². The maximum atomic E-state index is 13.0. The fraction of sp³-hybridized carbons (Fsp3) is 0.600. The normalized spacial score (nSPS) is 18.0. The van der Waals surface area contributed by atoms with Crippen LogP contribution in [0.1, 0.15) is 30.9 Å². The first-order valence-corrected chi connectivity index (χ1v) is 9.10. The van der Waals surface area contributed by atoms with Gasteiger partial charge in [0.05, 0.1) is 4.92 Å². The van der Waals surface area contributed by atoms with E-state index in [1.807, 2.05) is 6.92 Å². The molecule has 1 aromatic carbocycles. The van der Waals surface area contributed by atoms with Crippen LogP contribution in [-0.4, -0.2) is 36.8 Å². The lowest BCUT2D eigenvalue weighted by atomic mass is 9.92. The number of hydrogen-bond donors (Lipinski definition) is 1. The van der Waals surface area contributed by atoms with E-state index in [0.29, 0.717) is 31.5 Å². The number of piperidine rings is 1. The van der Waals surface area contributed by atoms with Crippen molar-refractivity contribution in [1.29, 1.82) is 0 Å². The predicted octanol–water partition coefficient (Wildman–Crippen LogP) is 2.38. The Morgan fingerprint density at radius 3 is 2.29 bits per heavy atom. The van der Waals surface area contributed by atoms with Gasteiger partial charge in [-0.2, -0.15) is 4.31 Å². The molecule has 24 heavy (non-hydrogen) atoms. The van der Waals surface area contributed by atoms with Gasteiger partial charge in [-0.3, -0.25) is 10.1 Å². The lowest BCUT2D eigenvalue weighted by Crippen LogP contribution is -2.42. The summed E-state index contributed by atoms with van der Waals surface area (Å²) in [6, 6.07) is 2.87. The van der Waals surface area contributed by atoms with Gasteiger partial charge >= 0.3 is 0 Å². The van der Waals surface area contributed by atoms with Crippen LogP contribution in [0.2, 0.25) is 0 Å². The number of nitro groups is 1. The molecule has 1 aliphatic heterocycles. The number of nitrogens with two attached hydrogens (primary N) is 1. The molecule has 2 rings (SSSR count). The Kier molecular flexibility index (Phi) is 6.75. The smallest absolute Gasteiger partial charge is 0.289 e. The summed E-state index contributed by atoms with van der Waals surface area (Å²) < 4.78 is 27.3. The Labute approximate surface area is 148 Å². The Morgan fingerprint density at radius 2 is 1.83 bits per heavy atom. The molecule has 0 aromatic heterocycles. The molecule has 1 aliphatic rings. The van der Waals surface area contributed by atoms with E-state index in [1.54, 1.807) is 19.9 Å². The summed E-state index contributed by atoms with van der Waals surface area (Å²) in [5.74, 6) is 0.287. The molecule has 7 nitrogen and oxygen atoms in total. The minimum atomic E-state index is -3.89. The first-order valence-electron chi connectivity index (χ1n) is 7.66. The third-order valence-electron chi connectivity index (χ3n) is 4.69. The van der Waals surface area contributed by atoms with Gasteiger partial charge in [0.2, 0.25) is 10.0 Å². The molecule has 0 aliphatic carbocycles. The second kappa shape index (κ2) is 7.77. The highest BCUT2D eigenvalue weighted by Crippen LogP contribution is 2.33. The minimum absolute atomic E-state index is 0. The van der Waals surface area contributed by atoms with E-state index in [4.69, 9.17) is 5.73 Å². The number of rotatable bonds is 4. The van der Waals surface area contributed by atoms with Crippen molar-refractivity contribution >= 4 is 28.1 Å². The van der Waals surface area contributed by atoms with E-state index in [9.17, 15) is 18.5 Å². The maximum absolute atomic E-state index is 13.0. The average Bonchev–Trinajstić information content (AvgIpc) is 2.49. The summed E-state index contributed by atoms with van der Waals surface area (Å²) in [6.07, 6.45) is 1.35. The quantitative estimate of drug-likeness (QED) is 0.640. The van der Waals surface area contributed by atoms with Crippen LogP contribution in [0.15, 0.2) is 17.0 Å². The molecule has 0 radical (unpaired) electrons. The summed E-state index contributed by atoms with van der Waals surface area (Å²) in [4.78, 5) is 10.5. The molecule has 9 heteroatoms. The van der Waals surface area contributed by atoms with Crippen LogP contribution < -0.4 is 5.73 Å². The van der Waals surface area contributed by atoms with E-state index >= 15 is 0 Å². The van der Waals surface area contributed by atoms with Gasteiger partial charge < -0.3 is 5.73 Å². The van der Waals surface area contributed by atoms with Crippen LogP contribution >= 0.6 is 12.4 Å². The van der Waals surface area contributed by atoms with Crippen molar-refractivity contribution in [2.45, 2.75) is 44.6 Å². The van der Waals surface area contributed by atoms with Crippen molar-refractivity contribution in [3.8, 4) is 0 Å². The van der Waals surface area contributed by atoms with Crippen molar-refractivity contribution in [1.82, 2.24) is 4.31 Å². The van der Waals surface area contributed by atoms with Gasteiger partial charge in [-0.15, -0.1) is 12.4 Å². The summed E-state index contributed by atoms with van der Waals surface area (Å²) in [6.45, 7) is 5.98. The number of sulfonamides is 1. The van der Waals surface area contributed by atoms with Crippen LogP contribution in [0.5, 0.6) is 0 Å². The fourth-order valence-corrected chi connectivity index (χ4v) is 4.92. The number of halogens is 1. The zero-order chi connectivity index (χ0) is 17.4. The van der Waals surface area contributed by atoms with Gasteiger partial charge in [-0.1, -0.05) is 6.07 Å². The van der Waals surface area contributed by atoms with Crippen molar-refractivity contribution in [3.05, 3.63) is 33.4 Å². The maximum Gasteiger partial charge on any atom is 0.289 e. The Hall–Kier alpha value is -1.22. The summed E-state index contributed by atoms with van der Waals surface area (Å²) in [7, 11) is -3.89. The molecule has 2 N–H and O–H groups in total. The van der Waals surface area contributed by atoms with E-state index < -0.39 is 14.9 Å². The van der Waals surface area contributed by atoms with E-state index in [1.165, 1.54) is 10.4 Å². The molecule has 0 saturated carbocycles. The fourth-order valence-electron chi connectivity index (χ4n) is 3.02. The molecule has 0 spiro atoms. The third-order valence-corrected chi connectivity index (χ3v) is 6.77. The highest BCUT2D eigenvalue weighted by Gasteiger charge is 2.36. The van der Waals surface area contributed by atoms with Crippen molar-refractivity contribution < 1.29 is 13.3 Å². The minimum Gasteiger partial charge on any atom is -0.328 e. The number of hydrogen-bond acceptors (Lipinski definition) is 5. The molecule has 0 bridgehead atoms. The van der Waals surface area contributed by atoms with Crippen molar-refractivity contribution in [3.63, 3.8) is 0 Å². The first-order chi connectivity index (χ1) is 10.7. The molecule has 1 heterocycles. The summed E-state index contributed by atoms with van der Waals surface area (Å²) in [5, 5.41) is 11.3. The average molecular weight is 378 g/mol. The Balaban J connectivity index is 0.00000288. The van der Waals surface area contributed by atoms with Gasteiger partial charge in [0, 0.05) is 25.2 Å². The van der Waals surface area contributed by atoms with Crippen molar-refractivity contribution in [2.24, 2.45) is 11.7 Å². The molecule has 136 valence electrons. The number of nitrogens with zero attached hydrogens (tertiary/aromatic N) is 2. The molecule has 1 fully saturated rings. The van der Waals surface area contributed by atoms with Crippen LogP contribution in [0.25, 0.3) is 0 Å². The van der Waals surface area contributed by atoms with Gasteiger partial charge in [0.15, 0.2) is 4.90 Å². The van der Waals surface area contributed by atoms with E-state index in [0.717, 1.165) is 5.56 Å². The van der Waals surface area contributed by atoms with Gasteiger partial charge in [-0.05, 0) is 50.7 Å².